The molecule has 2 amide bonds. The molecule has 3 aromatic carbocycles. The van der Waals surface area contributed by atoms with E-state index in [4.69, 9.17) is 0 Å². The molecule has 0 heterocycles. The zero-order chi connectivity index (χ0) is 32.5. The Balaban J connectivity index is 1.90. The van der Waals surface area contributed by atoms with Crippen LogP contribution in [-0.4, -0.2) is 50.0 Å². The number of nitrogens with one attached hydrogen (secondary N) is 1. The van der Waals surface area contributed by atoms with Gasteiger partial charge in [0.1, 0.15) is 6.04 Å². The number of aryl methyl sites for hydroxylation is 1. The SMILES string of the molecule is CC[C@H](C)NC(=O)[C@@H](Cc1ccccc1)N(Cc1ccc(C)cc1)C(=O)CCCN(c1cccc(C(F)(F)F)c1)S(C)(=O)=O. The van der Waals surface area contributed by atoms with Gasteiger partial charge in [-0.3, -0.25) is 13.9 Å². The van der Waals surface area contributed by atoms with Gasteiger partial charge in [0.25, 0.3) is 0 Å². The van der Waals surface area contributed by atoms with Crippen LogP contribution in [0.1, 0.15) is 55.4 Å². The van der Waals surface area contributed by atoms with Crippen molar-refractivity contribution in [1.29, 1.82) is 0 Å². The van der Waals surface area contributed by atoms with Crippen molar-refractivity contribution in [3.63, 3.8) is 0 Å². The number of benzene rings is 3. The normalized spacial score (nSPS) is 13.2. The molecular weight excluding hydrogens is 591 g/mol. The van der Waals surface area contributed by atoms with E-state index in [1.807, 2.05) is 75.4 Å². The number of carbonyl (C=O) groups is 2. The van der Waals surface area contributed by atoms with E-state index < -0.39 is 27.8 Å². The molecule has 0 fully saturated rings. The Morgan fingerprint density at radius 3 is 2.18 bits per heavy atom. The molecule has 3 rings (SSSR count). The van der Waals surface area contributed by atoms with E-state index in [1.54, 1.807) is 0 Å². The Kier molecular flexibility index (Phi) is 12.0. The average Bonchev–Trinajstić information content (AvgIpc) is 2.97. The van der Waals surface area contributed by atoms with E-state index in [0.29, 0.717) is 6.42 Å². The van der Waals surface area contributed by atoms with Crippen LogP contribution < -0.4 is 9.62 Å². The van der Waals surface area contributed by atoms with Gasteiger partial charge in [0.15, 0.2) is 0 Å². The highest BCUT2D eigenvalue weighted by atomic mass is 32.2. The van der Waals surface area contributed by atoms with Crippen LogP contribution in [-0.2, 0) is 38.8 Å². The quantitative estimate of drug-likeness (QED) is 0.233. The maximum absolute atomic E-state index is 13.9. The fraction of sp³-hybridized carbons (Fsp3) is 0.394. The van der Waals surface area contributed by atoms with Gasteiger partial charge in [-0.1, -0.05) is 73.2 Å². The first-order valence-corrected chi connectivity index (χ1v) is 16.4. The third-order valence-corrected chi connectivity index (χ3v) is 8.55. The Morgan fingerprint density at radius 1 is 0.932 bits per heavy atom. The van der Waals surface area contributed by atoms with E-state index >= 15 is 0 Å². The minimum absolute atomic E-state index is 0.0254. The van der Waals surface area contributed by atoms with E-state index in [-0.39, 0.29) is 55.9 Å². The third kappa shape index (κ3) is 10.1. The fourth-order valence-electron chi connectivity index (χ4n) is 4.73. The summed E-state index contributed by atoms with van der Waals surface area (Å²) in [5.41, 5.74) is 1.62. The summed E-state index contributed by atoms with van der Waals surface area (Å²) in [5, 5.41) is 3.00. The molecule has 0 spiro atoms. The minimum Gasteiger partial charge on any atom is -0.352 e. The number of halogens is 3. The molecule has 0 aliphatic rings. The Hall–Kier alpha value is -3.86. The van der Waals surface area contributed by atoms with Gasteiger partial charge in [-0.2, -0.15) is 13.2 Å². The number of carbonyl (C=O) groups excluding carboxylic acids is 2. The molecule has 0 aliphatic heterocycles. The van der Waals surface area contributed by atoms with Crippen LogP contribution in [0.5, 0.6) is 0 Å². The predicted molar refractivity (Wildman–Crippen MR) is 166 cm³/mol. The van der Waals surface area contributed by atoms with Gasteiger partial charge in [0, 0.05) is 32.0 Å². The van der Waals surface area contributed by atoms with Crippen LogP contribution in [0.2, 0.25) is 0 Å². The second kappa shape index (κ2) is 15.2. The maximum atomic E-state index is 13.9. The van der Waals surface area contributed by atoms with E-state index in [1.165, 1.54) is 11.0 Å². The summed E-state index contributed by atoms with van der Waals surface area (Å²) in [6.07, 6.45) is -2.87. The molecule has 0 radical (unpaired) electrons. The Bertz CT molecular complexity index is 1500. The molecule has 238 valence electrons. The van der Waals surface area contributed by atoms with Crippen LogP contribution in [0.25, 0.3) is 0 Å². The van der Waals surface area contributed by atoms with Gasteiger partial charge in [0.2, 0.25) is 21.8 Å². The zero-order valence-electron chi connectivity index (χ0n) is 25.5. The number of alkyl halides is 3. The van der Waals surface area contributed by atoms with Crippen molar-refractivity contribution in [3.05, 3.63) is 101 Å². The van der Waals surface area contributed by atoms with Gasteiger partial charge in [-0.15, -0.1) is 0 Å². The summed E-state index contributed by atoms with van der Waals surface area (Å²) in [4.78, 5) is 29.0. The van der Waals surface area contributed by atoms with Crippen molar-refractivity contribution in [2.45, 2.75) is 71.3 Å². The number of sulfonamides is 1. The summed E-state index contributed by atoms with van der Waals surface area (Å²) in [6, 6.07) is 20.1. The highest BCUT2D eigenvalue weighted by Gasteiger charge is 2.33. The molecule has 0 unspecified atom stereocenters. The van der Waals surface area contributed by atoms with Crippen LogP contribution in [0.15, 0.2) is 78.9 Å². The second-order valence-electron chi connectivity index (χ2n) is 11.0. The van der Waals surface area contributed by atoms with Crippen LogP contribution in [0, 0.1) is 6.92 Å². The summed E-state index contributed by atoms with van der Waals surface area (Å²) in [6.45, 7) is 5.71. The molecule has 1 N–H and O–H groups in total. The molecule has 0 aromatic heterocycles. The van der Waals surface area contributed by atoms with Gasteiger partial charge in [-0.25, -0.2) is 8.42 Å². The van der Waals surface area contributed by atoms with Crippen molar-refractivity contribution >= 4 is 27.5 Å². The number of anilines is 1. The van der Waals surface area contributed by atoms with Gasteiger partial charge in [0.05, 0.1) is 17.5 Å². The molecule has 0 bridgehead atoms. The van der Waals surface area contributed by atoms with Crippen LogP contribution >= 0.6 is 0 Å². The largest absolute Gasteiger partial charge is 0.416 e. The molecule has 7 nitrogen and oxygen atoms in total. The lowest BCUT2D eigenvalue weighted by Crippen LogP contribution is -2.52. The molecule has 11 heteroatoms. The monoisotopic (exact) mass is 631 g/mol. The van der Waals surface area contributed by atoms with Gasteiger partial charge in [-0.05, 0) is 56.0 Å². The average molecular weight is 632 g/mol. The number of hydrogen-bond acceptors (Lipinski definition) is 4. The number of rotatable bonds is 14. The highest BCUT2D eigenvalue weighted by molar-refractivity contribution is 7.92. The Morgan fingerprint density at radius 2 is 1.59 bits per heavy atom. The standard InChI is InChI=1S/C33H40F3N3O4S/c1-5-25(3)37-32(41)30(21-26-11-7-6-8-12-26)38(23-27-18-16-24(2)17-19-27)31(40)15-10-20-39(44(4,42)43)29-14-9-13-28(22-29)33(34,35)36/h6-9,11-14,16-19,22,25,30H,5,10,15,20-21,23H2,1-4H3,(H,37,41)/t25-,30+/m0/s1. The van der Waals surface area contributed by atoms with Crippen molar-refractivity contribution in [2.75, 3.05) is 17.1 Å². The molecule has 0 saturated heterocycles. The summed E-state index contributed by atoms with van der Waals surface area (Å²) < 4.78 is 66.0. The van der Waals surface area contributed by atoms with Crippen molar-refractivity contribution in [1.82, 2.24) is 10.2 Å². The fourth-order valence-corrected chi connectivity index (χ4v) is 5.68. The first-order valence-electron chi connectivity index (χ1n) is 14.5. The molecular formula is C33H40F3N3O4S. The predicted octanol–water partition coefficient (Wildman–Crippen LogP) is 6.11. The number of amides is 2. The lowest BCUT2D eigenvalue weighted by molar-refractivity contribution is -0.141. The highest BCUT2D eigenvalue weighted by Crippen LogP contribution is 2.32. The molecule has 2 atom stereocenters. The van der Waals surface area contributed by atoms with Crippen molar-refractivity contribution in [2.24, 2.45) is 0 Å². The first kappa shape index (κ1) is 34.6. The molecule has 3 aromatic rings. The van der Waals surface area contributed by atoms with Crippen LogP contribution in [0.4, 0.5) is 18.9 Å². The topological polar surface area (TPSA) is 86.8 Å². The van der Waals surface area contributed by atoms with E-state index in [9.17, 15) is 31.2 Å². The van der Waals surface area contributed by atoms with E-state index in [2.05, 4.69) is 5.32 Å². The summed E-state index contributed by atoms with van der Waals surface area (Å²) >= 11 is 0. The van der Waals surface area contributed by atoms with E-state index in [0.717, 1.165) is 45.5 Å². The Labute approximate surface area is 258 Å². The second-order valence-corrected chi connectivity index (χ2v) is 12.9. The molecule has 0 saturated carbocycles. The van der Waals surface area contributed by atoms with Crippen LogP contribution in [0.3, 0.4) is 0 Å². The molecule has 44 heavy (non-hydrogen) atoms. The maximum Gasteiger partial charge on any atom is 0.416 e. The van der Waals surface area contributed by atoms with Crippen molar-refractivity contribution in [3.8, 4) is 0 Å². The lowest BCUT2D eigenvalue weighted by atomic mass is 10.0. The number of hydrogen-bond donors (Lipinski definition) is 1. The minimum atomic E-state index is -4.64. The van der Waals surface area contributed by atoms with Crippen molar-refractivity contribution < 1.29 is 31.2 Å². The molecule has 0 aliphatic carbocycles. The van der Waals surface area contributed by atoms with Gasteiger partial charge >= 0.3 is 6.18 Å². The summed E-state index contributed by atoms with van der Waals surface area (Å²) in [7, 11) is -3.96. The van der Waals surface area contributed by atoms with Gasteiger partial charge < -0.3 is 10.2 Å². The first-order chi connectivity index (χ1) is 20.7. The third-order valence-electron chi connectivity index (χ3n) is 7.36. The number of nitrogens with zero attached hydrogens (tertiary/aromatic N) is 2. The smallest absolute Gasteiger partial charge is 0.352 e. The lowest BCUT2D eigenvalue weighted by Gasteiger charge is -2.33. The zero-order valence-corrected chi connectivity index (χ0v) is 26.3. The summed E-state index contributed by atoms with van der Waals surface area (Å²) in [5.74, 6) is -0.673.